The maximum absolute atomic E-state index is 13.5. The van der Waals surface area contributed by atoms with Crippen molar-refractivity contribution in [2.24, 2.45) is 5.73 Å². The van der Waals surface area contributed by atoms with E-state index < -0.39 is 0 Å². The molecule has 1 aromatic heterocycles. The first-order valence-corrected chi connectivity index (χ1v) is 6.93. The molecule has 0 spiro atoms. The van der Waals surface area contributed by atoms with E-state index in [1.165, 1.54) is 10.9 Å². The zero-order chi connectivity index (χ0) is 12.4. The third-order valence-corrected chi connectivity index (χ3v) is 4.91. The summed E-state index contributed by atoms with van der Waals surface area (Å²) >= 11 is 5.12. The molecule has 1 aromatic carbocycles. The summed E-state index contributed by atoms with van der Waals surface area (Å²) in [5, 5.41) is 0. The lowest BCUT2D eigenvalue weighted by atomic mass is 10.1. The van der Waals surface area contributed by atoms with E-state index in [0.29, 0.717) is 12.0 Å². The summed E-state index contributed by atoms with van der Waals surface area (Å²) in [5.41, 5.74) is 6.77. The molecule has 17 heavy (non-hydrogen) atoms. The highest BCUT2D eigenvalue weighted by atomic mass is 79.9. The number of benzene rings is 1. The molecule has 0 aliphatic rings. The molecule has 4 heteroatoms. The van der Waals surface area contributed by atoms with Gasteiger partial charge in [-0.25, -0.2) is 4.39 Å². The molecule has 1 atom stereocenters. The monoisotopic (exact) mass is 313 g/mol. The quantitative estimate of drug-likeness (QED) is 0.903. The lowest BCUT2D eigenvalue weighted by Gasteiger charge is -2.10. The van der Waals surface area contributed by atoms with E-state index in [4.69, 9.17) is 5.73 Å². The minimum absolute atomic E-state index is 0.151. The highest BCUT2D eigenvalue weighted by molar-refractivity contribution is 9.10. The predicted octanol–water partition coefficient (Wildman–Crippen LogP) is 4.20. The second-order valence-corrected chi connectivity index (χ2v) is 6.10. The zero-order valence-electron chi connectivity index (χ0n) is 9.41. The Morgan fingerprint density at radius 1 is 1.41 bits per heavy atom. The van der Waals surface area contributed by atoms with E-state index >= 15 is 0 Å². The van der Waals surface area contributed by atoms with Gasteiger partial charge in [0.05, 0.1) is 0 Å². The van der Waals surface area contributed by atoms with Crippen molar-refractivity contribution in [3.05, 3.63) is 55.9 Å². The van der Waals surface area contributed by atoms with Crippen molar-refractivity contribution >= 4 is 27.3 Å². The molecular formula is C13H13BrFNS. The van der Waals surface area contributed by atoms with Gasteiger partial charge in [-0.1, -0.05) is 18.2 Å². The summed E-state index contributed by atoms with van der Waals surface area (Å²) in [6.07, 6.45) is 0.527. The molecule has 2 aromatic rings. The van der Waals surface area contributed by atoms with Gasteiger partial charge in [-0.3, -0.25) is 0 Å². The summed E-state index contributed by atoms with van der Waals surface area (Å²) < 4.78 is 14.6. The molecule has 0 fully saturated rings. The van der Waals surface area contributed by atoms with Crippen LogP contribution in [0.3, 0.4) is 0 Å². The number of nitrogens with two attached hydrogens (primary N) is 1. The second-order valence-electron chi connectivity index (χ2n) is 3.95. The van der Waals surface area contributed by atoms with Crippen molar-refractivity contribution < 1.29 is 4.39 Å². The zero-order valence-corrected chi connectivity index (χ0v) is 11.8. The molecule has 0 saturated heterocycles. The van der Waals surface area contributed by atoms with Gasteiger partial charge in [-0.2, -0.15) is 0 Å². The van der Waals surface area contributed by atoms with E-state index in [0.717, 1.165) is 9.35 Å². The molecular weight excluding hydrogens is 301 g/mol. The summed E-state index contributed by atoms with van der Waals surface area (Å²) in [5.74, 6) is -0.185. The van der Waals surface area contributed by atoms with Crippen molar-refractivity contribution in [1.82, 2.24) is 0 Å². The van der Waals surface area contributed by atoms with Crippen molar-refractivity contribution in [3.8, 4) is 0 Å². The van der Waals surface area contributed by atoms with Crippen LogP contribution in [0.5, 0.6) is 0 Å². The highest BCUT2D eigenvalue weighted by Gasteiger charge is 2.13. The summed E-state index contributed by atoms with van der Waals surface area (Å²) in [7, 11) is 0. The first-order valence-electron chi connectivity index (χ1n) is 5.32. The van der Waals surface area contributed by atoms with Gasteiger partial charge < -0.3 is 5.73 Å². The molecule has 2 rings (SSSR count). The Balaban J connectivity index is 2.17. The maximum atomic E-state index is 13.5. The largest absolute Gasteiger partial charge is 0.323 e. The average molecular weight is 314 g/mol. The van der Waals surface area contributed by atoms with Gasteiger partial charge in [0.15, 0.2) is 0 Å². The van der Waals surface area contributed by atoms with E-state index in [9.17, 15) is 4.39 Å². The Bertz CT molecular complexity index is 504. The Kier molecular flexibility index (Phi) is 3.97. The Morgan fingerprint density at radius 2 is 2.12 bits per heavy atom. The minimum Gasteiger partial charge on any atom is -0.323 e. The maximum Gasteiger partial charge on any atom is 0.126 e. The Labute approximate surface area is 113 Å². The topological polar surface area (TPSA) is 26.0 Å². The van der Waals surface area contributed by atoms with Gasteiger partial charge in [-0.15, -0.1) is 11.3 Å². The fourth-order valence-electron chi connectivity index (χ4n) is 1.67. The summed E-state index contributed by atoms with van der Waals surface area (Å²) in [4.78, 5) is 2.28. The molecule has 1 unspecified atom stereocenters. The number of halogens is 2. The van der Waals surface area contributed by atoms with Crippen molar-refractivity contribution in [2.75, 3.05) is 0 Å². The second kappa shape index (κ2) is 5.29. The molecule has 1 heterocycles. The van der Waals surface area contributed by atoms with Crippen LogP contribution in [0.1, 0.15) is 21.4 Å². The predicted molar refractivity (Wildman–Crippen MR) is 73.8 cm³/mol. The highest BCUT2D eigenvalue weighted by Crippen LogP contribution is 2.31. The van der Waals surface area contributed by atoms with Crippen molar-refractivity contribution in [3.63, 3.8) is 0 Å². The van der Waals surface area contributed by atoms with E-state index in [1.807, 2.05) is 19.1 Å². The number of hydrogen-bond acceptors (Lipinski definition) is 2. The number of thiophene rings is 1. The molecule has 2 N–H and O–H groups in total. The SMILES string of the molecule is Cc1sc(C(N)Cc2ccccc2F)cc1Br. The number of aryl methyl sites for hydroxylation is 1. The smallest absolute Gasteiger partial charge is 0.126 e. The van der Waals surface area contributed by atoms with Crippen LogP contribution >= 0.6 is 27.3 Å². The van der Waals surface area contributed by atoms with Crippen LogP contribution in [-0.2, 0) is 6.42 Å². The summed E-state index contributed by atoms with van der Waals surface area (Å²) in [6.45, 7) is 2.04. The number of hydrogen-bond donors (Lipinski definition) is 1. The third kappa shape index (κ3) is 2.94. The van der Waals surface area contributed by atoms with Gasteiger partial charge >= 0.3 is 0 Å². The molecule has 0 bridgehead atoms. The van der Waals surface area contributed by atoms with Crippen LogP contribution in [0.2, 0.25) is 0 Å². The minimum atomic E-state index is -0.185. The van der Waals surface area contributed by atoms with Gasteiger partial charge in [0, 0.05) is 20.3 Å². The van der Waals surface area contributed by atoms with Crippen LogP contribution in [0.15, 0.2) is 34.8 Å². The molecule has 0 saturated carbocycles. The Morgan fingerprint density at radius 3 is 2.71 bits per heavy atom. The van der Waals surface area contributed by atoms with Gasteiger partial charge in [0.2, 0.25) is 0 Å². The van der Waals surface area contributed by atoms with E-state index in [1.54, 1.807) is 23.5 Å². The third-order valence-electron chi connectivity index (χ3n) is 2.64. The molecule has 0 aliphatic heterocycles. The fourth-order valence-corrected chi connectivity index (χ4v) is 3.23. The normalized spacial score (nSPS) is 12.7. The van der Waals surface area contributed by atoms with Gasteiger partial charge in [0.25, 0.3) is 0 Å². The van der Waals surface area contributed by atoms with Crippen LogP contribution < -0.4 is 5.73 Å². The molecule has 0 amide bonds. The van der Waals surface area contributed by atoms with E-state index in [-0.39, 0.29) is 11.9 Å². The van der Waals surface area contributed by atoms with Crippen LogP contribution in [-0.4, -0.2) is 0 Å². The van der Waals surface area contributed by atoms with Crippen molar-refractivity contribution in [2.45, 2.75) is 19.4 Å². The standard InChI is InChI=1S/C13H13BrFNS/c1-8-10(14)7-13(17-8)12(16)6-9-4-2-3-5-11(9)15/h2-5,7,12H,6,16H2,1H3. The van der Waals surface area contributed by atoms with Crippen molar-refractivity contribution in [1.29, 1.82) is 0 Å². The number of rotatable bonds is 3. The fraction of sp³-hybridized carbons (Fsp3) is 0.231. The van der Waals surface area contributed by atoms with Crippen LogP contribution in [0.25, 0.3) is 0 Å². The molecule has 0 radical (unpaired) electrons. The van der Waals surface area contributed by atoms with Gasteiger partial charge in [-0.05, 0) is 47.0 Å². The molecule has 0 aliphatic carbocycles. The summed E-state index contributed by atoms with van der Waals surface area (Å²) in [6, 6.07) is 8.65. The first kappa shape index (κ1) is 12.7. The van der Waals surface area contributed by atoms with Crippen LogP contribution in [0, 0.1) is 12.7 Å². The molecule has 1 nitrogen and oxygen atoms in total. The van der Waals surface area contributed by atoms with Crippen LogP contribution in [0.4, 0.5) is 4.39 Å². The molecule has 90 valence electrons. The van der Waals surface area contributed by atoms with Gasteiger partial charge in [0.1, 0.15) is 5.82 Å². The average Bonchev–Trinajstić information content (AvgIpc) is 2.63. The van der Waals surface area contributed by atoms with E-state index in [2.05, 4.69) is 15.9 Å². The Hall–Kier alpha value is -0.710. The lowest BCUT2D eigenvalue weighted by Crippen LogP contribution is -2.12. The first-order chi connectivity index (χ1) is 8.08. The lowest BCUT2D eigenvalue weighted by molar-refractivity contribution is 0.595.